The number of carbonyl (C=O) groups is 2. The van der Waals surface area contributed by atoms with E-state index < -0.39 is 17.7 Å². The van der Waals surface area contributed by atoms with Crippen LogP contribution in [-0.2, 0) is 9.59 Å². The monoisotopic (exact) mass is 445 g/mol. The van der Waals surface area contributed by atoms with Gasteiger partial charge in [-0.3, -0.25) is 9.59 Å². The van der Waals surface area contributed by atoms with Gasteiger partial charge in [-0.15, -0.1) is 0 Å². The minimum absolute atomic E-state index is 0.0693. The molecule has 1 saturated heterocycles. The quantitative estimate of drug-likeness (QED) is 0.390. The second-order valence-corrected chi connectivity index (χ2v) is 7.33. The Balaban J connectivity index is 2.31. The van der Waals surface area contributed by atoms with Gasteiger partial charge in [-0.25, -0.2) is 0 Å². The summed E-state index contributed by atoms with van der Waals surface area (Å²) in [4.78, 5) is 27.4. The zero-order valence-corrected chi connectivity index (χ0v) is 18.5. The van der Waals surface area contributed by atoms with Crippen LogP contribution in [0.2, 0.25) is 5.02 Å². The number of halogens is 1. The number of aliphatic hydroxyl groups is 1. The molecule has 1 amide bonds. The fourth-order valence-electron chi connectivity index (χ4n) is 3.76. The average Bonchev–Trinajstić information content (AvgIpc) is 3.03. The Hall–Kier alpha value is -3.19. The largest absolute Gasteiger partial charge is 0.507 e. The molecule has 0 spiro atoms. The molecule has 2 aromatic rings. The molecule has 0 bridgehead atoms. The molecule has 0 aliphatic carbocycles. The van der Waals surface area contributed by atoms with E-state index in [-0.39, 0.29) is 21.9 Å². The van der Waals surface area contributed by atoms with Crippen molar-refractivity contribution in [3.63, 3.8) is 0 Å². The molecule has 1 heterocycles. The number of hydrogen-bond donors (Lipinski definition) is 1. The Morgan fingerprint density at radius 3 is 2.45 bits per heavy atom. The van der Waals surface area contributed by atoms with Crippen molar-refractivity contribution in [3.8, 4) is 17.2 Å². The summed E-state index contributed by atoms with van der Waals surface area (Å²) in [5, 5.41) is 11.4. The molecule has 1 aliphatic heterocycles. The van der Waals surface area contributed by atoms with Crippen LogP contribution in [0.1, 0.15) is 30.5 Å². The van der Waals surface area contributed by atoms with Crippen molar-refractivity contribution < 1.29 is 28.9 Å². The van der Waals surface area contributed by atoms with E-state index in [9.17, 15) is 14.7 Å². The molecule has 7 nitrogen and oxygen atoms in total. The number of ketones is 1. The molecule has 2 aromatic carbocycles. The lowest BCUT2D eigenvalue weighted by atomic mass is 9.94. The van der Waals surface area contributed by atoms with Gasteiger partial charge < -0.3 is 24.2 Å². The van der Waals surface area contributed by atoms with Gasteiger partial charge in [0.05, 0.1) is 38.0 Å². The summed E-state index contributed by atoms with van der Waals surface area (Å²) in [6.45, 7) is 2.22. The SMILES string of the molecule is CCCN1C(=O)C(=O)/C(=C(/O)c2cc(OC)ccc2Cl)C1c1cccc(OC)c1OC. The first-order valence-electron chi connectivity index (χ1n) is 9.72. The number of ether oxygens (including phenoxy) is 3. The van der Waals surface area contributed by atoms with Gasteiger partial charge in [0, 0.05) is 17.7 Å². The van der Waals surface area contributed by atoms with Crippen molar-refractivity contribution in [1.29, 1.82) is 0 Å². The number of para-hydroxylation sites is 1. The fourth-order valence-corrected chi connectivity index (χ4v) is 3.97. The van der Waals surface area contributed by atoms with Crippen molar-refractivity contribution in [2.24, 2.45) is 0 Å². The lowest BCUT2D eigenvalue weighted by molar-refractivity contribution is -0.139. The Morgan fingerprint density at radius 2 is 1.84 bits per heavy atom. The zero-order valence-electron chi connectivity index (χ0n) is 17.8. The van der Waals surface area contributed by atoms with Crippen molar-refractivity contribution in [2.45, 2.75) is 19.4 Å². The Labute approximate surface area is 185 Å². The summed E-state index contributed by atoms with van der Waals surface area (Å²) in [6, 6.07) is 9.03. The summed E-state index contributed by atoms with van der Waals surface area (Å²) in [5.74, 6) is -0.598. The first-order chi connectivity index (χ1) is 14.9. The first kappa shape index (κ1) is 22.5. The van der Waals surface area contributed by atoms with Crippen LogP contribution >= 0.6 is 11.6 Å². The fraction of sp³-hybridized carbons (Fsp3) is 0.304. The summed E-state index contributed by atoms with van der Waals surface area (Å²) >= 11 is 6.30. The topological polar surface area (TPSA) is 85.3 Å². The second kappa shape index (κ2) is 9.31. The van der Waals surface area contributed by atoms with Crippen molar-refractivity contribution >= 4 is 29.1 Å². The first-order valence-corrected chi connectivity index (χ1v) is 10.1. The van der Waals surface area contributed by atoms with Gasteiger partial charge in [0.1, 0.15) is 11.5 Å². The van der Waals surface area contributed by atoms with E-state index in [1.54, 1.807) is 30.3 Å². The van der Waals surface area contributed by atoms with Crippen molar-refractivity contribution in [3.05, 3.63) is 58.1 Å². The minimum atomic E-state index is -0.868. The highest BCUT2D eigenvalue weighted by Gasteiger charge is 2.47. The van der Waals surface area contributed by atoms with Gasteiger partial charge in [-0.05, 0) is 30.7 Å². The minimum Gasteiger partial charge on any atom is -0.507 e. The second-order valence-electron chi connectivity index (χ2n) is 6.92. The molecule has 8 heteroatoms. The molecule has 1 aliphatic rings. The molecule has 1 unspecified atom stereocenters. The van der Waals surface area contributed by atoms with E-state index in [1.807, 2.05) is 6.92 Å². The highest BCUT2D eigenvalue weighted by molar-refractivity contribution is 6.47. The van der Waals surface area contributed by atoms with Crippen LogP contribution in [-0.4, -0.2) is 49.6 Å². The van der Waals surface area contributed by atoms with Crippen LogP contribution in [0.5, 0.6) is 17.2 Å². The van der Waals surface area contributed by atoms with E-state index in [0.717, 1.165) is 0 Å². The third-order valence-electron chi connectivity index (χ3n) is 5.16. The van der Waals surface area contributed by atoms with Gasteiger partial charge in [0.25, 0.3) is 11.7 Å². The summed E-state index contributed by atoms with van der Waals surface area (Å²) in [7, 11) is 4.46. The van der Waals surface area contributed by atoms with Crippen LogP contribution < -0.4 is 14.2 Å². The van der Waals surface area contributed by atoms with Gasteiger partial charge in [0.2, 0.25) is 0 Å². The molecule has 31 heavy (non-hydrogen) atoms. The summed E-state index contributed by atoms with van der Waals surface area (Å²) in [6.07, 6.45) is 0.621. The van der Waals surface area contributed by atoms with E-state index in [0.29, 0.717) is 35.8 Å². The van der Waals surface area contributed by atoms with Gasteiger partial charge in [0.15, 0.2) is 11.5 Å². The van der Waals surface area contributed by atoms with Crippen LogP contribution in [0, 0.1) is 0 Å². The predicted molar refractivity (Wildman–Crippen MR) is 117 cm³/mol. The molecule has 1 atom stereocenters. The lowest BCUT2D eigenvalue weighted by Gasteiger charge is -2.26. The molecular formula is C23H24ClNO6. The Bertz CT molecular complexity index is 1050. The third kappa shape index (κ3) is 3.93. The number of carbonyl (C=O) groups excluding carboxylic acids is 2. The maximum absolute atomic E-state index is 13.1. The van der Waals surface area contributed by atoms with Crippen LogP contribution in [0.15, 0.2) is 42.0 Å². The standard InChI is InChI=1S/C23H24ClNO6/c1-5-11-25-19(14-7-6-8-17(30-3)22(14)31-4)18(21(27)23(25)28)20(26)15-12-13(29-2)9-10-16(15)24/h6-10,12,19,26H,5,11H2,1-4H3/b20-18+. The van der Waals surface area contributed by atoms with Crippen LogP contribution in [0.25, 0.3) is 5.76 Å². The van der Waals surface area contributed by atoms with Crippen LogP contribution in [0.4, 0.5) is 0 Å². The van der Waals surface area contributed by atoms with Crippen molar-refractivity contribution in [2.75, 3.05) is 27.9 Å². The molecule has 0 saturated carbocycles. The van der Waals surface area contributed by atoms with Gasteiger partial charge in [-0.1, -0.05) is 30.7 Å². The average molecular weight is 446 g/mol. The number of rotatable bonds is 7. The molecule has 0 aromatic heterocycles. The van der Waals surface area contributed by atoms with E-state index >= 15 is 0 Å². The maximum Gasteiger partial charge on any atom is 0.295 e. The van der Waals surface area contributed by atoms with E-state index in [2.05, 4.69) is 0 Å². The highest BCUT2D eigenvalue weighted by atomic mass is 35.5. The Kier molecular flexibility index (Phi) is 6.75. The molecule has 0 radical (unpaired) electrons. The van der Waals surface area contributed by atoms with Gasteiger partial charge >= 0.3 is 0 Å². The number of likely N-dealkylation sites (tertiary alicyclic amines) is 1. The number of aliphatic hydroxyl groups excluding tert-OH is 1. The van der Waals surface area contributed by atoms with Crippen molar-refractivity contribution in [1.82, 2.24) is 4.90 Å². The molecule has 1 fully saturated rings. The predicted octanol–water partition coefficient (Wildman–Crippen LogP) is 4.20. The summed E-state index contributed by atoms with van der Waals surface area (Å²) in [5.41, 5.74) is 0.651. The van der Waals surface area contributed by atoms with E-state index in [1.165, 1.54) is 32.3 Å². The van der Waals surface area contributed by atoms with Crippen LogP contribution in [0.3, 0.4) is 0 Å². The zero-order chi connectivity index (χ0) is 22.7. The number of methoxy groups -OCH3 is 3. The molecular weight excluding hydrogens is 422 g/mol. The number of benzene rings is 2. The smallest absolute Gasteiger partial charge is 0.295 e. The number of amides is 1. The Morgan fingerprint density at radius 1 is 1.10 bits per heavy atom. The molecule has 3 rings (SSSR count). The van der Waals surface area contributed by atoms with E-state index in [4.69, 9.17) is 25.8 Å². The third-order valence-corrected chi connectivity index (χ3v) is 5.49. The number of nitrogens with zero attached hydrogens (tertiary/aromatic N) is 1. The summed E-state index contributed by atoms with van der Waals surface area (Å²) < 4.78 is 16.1. The normalized spacial score (nSPS) is 17.7. The number of Topliss-reactive ketones (excluding diaryl/α,β-unsaturated/α-hetero) is 1. The molecule has 1 N–H and O–H groups in total. The lowest BCUT2D eigenvalue weighted by Crippen LogP contribution is -2.30. The number of hydrogen-bond acceptors (Lipinski definition) is 6. The maximum atomic E-state index is 13.1. The molecule has 164 valence electrons. The van der Waals surface area contributed by atoms with Gasteiger partial charge in [-0.2, -0.15) is 0 Å². The highest BCUT2D eigenvalue weighted by Crippen LogP contribution is 2.46.